The number of carbonyl (C=O) groups is 3. The van der Waals surface area contributed by atoms with Crippen molar-refractivity contribution in [3.8, 4) is 0 Å². The zero-order valence-corrected chi connectivity index (χ0v) is 16.6. The van der Waals surface area contributed by atoms with Gasteiger partial charge in [-0.25, -0.2) is 0 Å². The van der Waals surface area contributed by atoms with E-state index in [-0.39, 0.29) is 35.1 Å². The lowest BCUT2D eigenvalue weighted by molar-refractivity contribution is -0.123. The van der Waals surface area contributed by atoms with Gasteiger partial charge >= 0.3 is 0 Å². The third kappa shape index (κ3) is 2.96. The predicted octanol–water partition coefficient (Wildman–Crippen LogP) is 3.81. The van der Waals surface area contributed by atoms with Gasteiger partial charge in [-0.3, -0.25) is 19.3 Å². The summed E-state index contributed by atoms with van der Waals surface area (Å²) in [5.74, 6) is -0.297. The van der Waals surface area contributed by atoms with Gasteiger partial charge in [0.25, 0.3) is 5.91 Å². The fraction of sp³-hybridized carbons (Fsp3) is 0.348. The summed E-state index contributed by atoms with van der Waals surface area (Å²) >= 11 is 6.26. The number of halogens is 1. The Hall–Kier alpha value is -2.66. The van der Waals surface area contributed by atoms with Crippen LogP contribution in [0, 0.1) is 23.7 Å². The van der Waals surface area contributed by atoms with Gasteiger partial charge in [0.15, 0.2) is 0 Å². The highest BCUT2D eigenvalue weighted by atomic mass is 35.5. The van der Waals surface area contributed by atoms with Gasteiger partial charge in [0.05, 0.1) is 28.1 Å². The number of nitrogens with zero attached hydrogens (tertiary/aromatic N) is 1. The van der Waals surface area contributed by atoms with E-state index in [2.05, 4.69) is 5.32 Å². The van der Waals surface area contributed by atoms with E-state index in [0.717, 1.165) is 24.8 Å². The minimum absolute atomic E-state index is 0.120. The minimum Gasteiger partial charge on any atom is -0.348 e. The smallest absolute Gasteiger partial charge is 0.253 e. The van der Waals surface area contributed by atoms with Crippen LogP contribution in [0.15, 0.2) is 48.5 Å². The molecule has 0 spiro atoms. The Balaban J connectivity index is 1.39. The van der Waals surface area contributed by atoms with Crippen molar-refractivity contribution in [2.45, 2.75) is 25.8 Å². The molecule has 5 nitrogen and oxygen atoms in total. The molecule has 6 heteroatoms. The number of anilines is 1. The fourth-order valence-electron chi connectivity index (χ4n) is 5.36. The Morgan fingerprint density at radius 1 is 1.00 bits per heavy atom. The normalized spacial score (nSPS) is 27.4. The number of benzene rings is 2. The van der Waals surface area contributed by atoms with Crippen molar-refractivity contribution < 1.29 is 14.4 Å². The standard InChI is InChI=1S/C23H21ClN2O3/c24-18-9-8-16(11-17(18)21(27)25-12-13-4-2-1-3-5-13)26-22(28)19-14-6-7-15(10-14)20(19)23(26)29/h1-5,8-9,11,14-15,19-20H,6-7,10,12H2,(H,25,27)/t14-,15-,19-,20+/m0/s1. The number of nitrogens with one attached hydrogen (secondary N) is 1. The second kappa shape index (κ2) is 6.99. The van der Waals surface area contributed by atoms with Gasteiger partial charge in [0.1, 0.15) is 0 Å². The molecule has 1 N–H and O–H groups in total. The van der Waals surface area contributed by atoms with E-state index in [1.165, 1.54) is 4.90 Å². The number of amides is 3. The van der Waals surface area contributed by atoms with Crippen LogP contribution in [0.3, 0.4) is 0 Å². The molecule has 0 unspecified atom stereocenters. The van der Waals surface area contributed by atoms with Crippen LogP contribution in [0.2, 0.25) is 5.02 Å². The van der Waals surface area contributed by atoms with Crippen molar-refractivity contribution in [1.29, 1.82) is 0 Å². The second-order valence-corrected chi connectivity index (χ2v) is 8.64. The van der Waals surface area contributed by atoms with Gasteiger partial charge in [0.2, 0.25) is 11.8 Å². The Labute approximate surface area is 174 Å². The summed E-state index contributed by atoms with van der Waals surface area (Å²) in [6, 6.07) is 14.4. The molecule has 3 amide bonds. The first kappa shape index (κ1) is 18.4. The van der Waals surface area contributed by atoms with Crippen LogP contribution in [-0.2, 0) is 16.1 Å². The van der Waals surface area contributed by atoms with Crippen LogP contribution in [0.5, 0.6) is 0 Å². The summed E-state index contributed by atoms with van der Waals surface area (Å²) in [5.41, 5.74) is 1.67. The van der Waals surface area contributed by atoms with Gasteiger partial charge in [-0.1, -0.05) is 41.9 Å². The first-order chi connectivity index (χ1) is 14.0. The fourth-order valence-corrected chi connectivity index (χ4v) is 5.57. The minimum atomic E-state index is -0.333. The van der Waals surface area contributed by atoms with Crippen molar-refractivity contribution in [2.75, 3.05) is 4.90 Å². The number of carbonyl (C=O) groups excluding carboxylic acids is 3. The third-order valence-corrected chi connectivity index (χ3v) is 7.01. The molecule has 1 saturated heterocycles. The molecule has 4 atom stereocenters. The van der Waals surface area contributed by atoms with Crippen molar-refractivity contribution in [2.24, 2.45) is 23.7 Å². The highest BCUT2D eigenvalue weighted by Crippen LogP contribution is 2.56. The van der Waals surface area contributed by atoms with E-state index in [0.29, 0.717) is 29.1 Å². The van der Waals surface area contributed by atoms with Gasteiger partial charge in [-0.05, 0) is 54.9 Å². The quantitative estimate of drug-likeness (QED) is 0.782. The number of imide groups is 1. The molecule has 3 aliphatic rings. The molecule has 148 valence electrons. The first-order valence-electron chi connectivity index (χ1n) is 10.0. The van der Waals surface area contributed by atoms with E-state index < -0.39 is 0 Å². The van der Waals surface area contributed by atoms with Gasteiger partial charge in [0, 0.05) is 6.54 Å². The Morgan fingerprint density at radius 2 is 1.66 bits per heavy atom. The zero-order chi connectivity index (χ0) is 20.1. The van der Waals surface area contributed by atoms with Crippen LogP contribution >= 0.6 is 11.6 Å². The molecule has 1 heterocycles. The lowest BCUT2D eigenvalue weighted by atomic mass is 9.81. The topological polar surface area (TPSA) is 66.5 Å². The monoisotopic (exact) mass is 408 g/mol. The van der Waals surface area contributed by atoms with Crippen LogP contribution in [-0.4, -0.2) is 17.7 Å². The lowest BCUT2D eigenvalue weighted by Crippen LogP contribution is -2.33. The Morgan fingerprint density at radius 3 is 2.31 bits per heavy atom. The maximum Gasteiger partial charge on any atom is 0.253 e. The highest BCUT2D eigenvalue weighted by Gasteiger charge is 2.61. The van der Waals surface area contributed by atoms with E-state index in [1.54, 1.807) is 18.2 Å². The maximum atomic E-state index is 13.0. The molecule has 2 aromatic carbocycles. The van der Waals surface area contributed by atoms with E-state index in [1.807, 2.05) is 30.3 Å². The summed E-state index contributed by atoms with van der Waals surface area (Å²) in [4.78, 5) is 40.0. The van der Waals surface area contributed by atoms with Crippen LogP contribution in [0.25, 0.3) is 0 Å². The molecular formula is C23H21ClN2O3. The molecule has 2 saturated carbocycles. The first-order valence-corrected chi connectivity index (χ1v) is 10.4. The van der Waals surface area contributed by atoms with Crippen molar-refractivity contribution in [3.05, 3.63) is 64.7 Å². The predicted molar refractivity (Wildman–Crippen MR) is 109 cm³/mol. The molecule has 0 radical (unpaired) electrons. The molecular weight excluding hydrogens is 388 g/mol. The summed E-state index contributed by atoms with van der Waals surface area (Å²) in [6.07, 6.45) is 3.06. The molecule has 2 bridgehead atoms. The van der Waals surface area contributed by atoms with Gasteiger partial charge < -0.3 is 5.32 Å². The lowest BCUT2D eigenvalue weighted by Gasteiger charge is -2.19. The molecule has 29 heavy (non-hydrogen) atoms. The van der Waals surface area contributed by atoms with Gasteiger partial charge in [-0.2, -0.15) is 0 Å². The van der Waals surface area contributed by atoms with Crippen LogP contribution in [0.1, 0.15) is 35.2 Å². The molecule has 2 aromatic rings. The van der Waals surface area contributed by atoms with Crippen LogP contribution in [0.4, 0.5) is 5.69 Å². The third-order valence-electron chi connectivity index (χ3n) is 6.68. The molecule has 5 rings (SSSR count). The summed E-state index contributed by atoms with van der Waals surface area (Å²) in [5, 5.41) is 3.14. The van der Waals surface area contributed by atoms with E-state index in [4.69, 9.17) is 11.6 Å². The number of fused-ring (bicyclic) bond motifs is 5. The van der Waals surface area contributed by atoms with E-state index in [9.17, 15) is 14.4 Å². The average molecular weight is 409 g/mol. The second-order valence-electron chi connectivity index (χ2n) is 8.23. The Bertz CT molecular complexity index is 978. The van der Waals surface area contributed by atoms with Crippen molar-refractivity contribution in [1.82, 2.24) is 5.32 Å². The SMILES string of the molecule is O=C(NCc1ccccc1)c1cc(N2C(=O)[C@@H]3[C@H]4CC[C@@H](C4)[C@@H]3C2=O)ccc1Cl. The molecule has 1 aliphatic heterocycles. The van der Waals surface area contributed by atoms with Gasteiger partial charge in [-0.15, -0.1) is 0 Å². The highest BCUT2D eigenvalue weighted by molar-refractivity contribution is 6.34. The summed E-state index contributed by atoms with van der Waals surface area (Å²) in [6.45, 7) is 0.370. The number of rotatable bonds is 4. The number of hydrogen-bond acceptors (Lipinski definition) is 3. The molecule has 2 aliphatic carbocycles. The average Bonchev–Trinajstić information content (AvgIpc) is 3.41. The maximum absolute atomic E-state index is 13.0. The summed E-state index contributed by atoms with van der Waals surface area (Å²) < 4.78 is 0. The number of hydrogen-bond donors (Lipinski definition) is 1. The van der Waals surface area contributed by atoms with Crippen LogP contribution < -0.4 is 10.2 Å². The van der Waals surface area contributed by atoms with Crippen molar-refractivity contribution >= 4 is 35.0 Å². The molecule has 3 fully saturated rings. The molecule has 0 aromatic heterocycles. The van der Waals surface area contributed by atoms with E-state index >= 15 is 0 Å². The zero-order valence-electron chi connectivity index (χ0n) is 15.8. The van der Waals surface area contributed by atoms with Crippen molar-refractivity contribution in [3.63, 3.8) is 0 Å². The largest absolute Gasteiger partial charge is 0.348 e. The summed E-state index contributed by atoms with van der Waals surface area (Å²) in [7, 11) is 0. The Kier molecular flexibility index (Phi) is 4.43.